The quantitative estimate of drug-likeness (QED) is 0.500. The zero-order chi connectivity index (χ0) is 21.1. The minimum absolute atomic E-state index is 0.0570. The number of sulfonamides is 1. The van der Waals surface area contributed by atoms with Crippen molar-refractivity contribution in [3.63, 3.8) is 0 Å². The second kappa shape index (κ2) is 8.00. The molecule has 0 aliphatic rings. The summed E-state index contributed by atoms with van der Waals surface area (Å²) < 4.78 is 27.5. The van der Waals surface area contributed by atoms with Crippen LogP contribution in [0, 0.1) is 0 Å². The predicted molar refractivity (Wildman–Crippen MR) is 116 cm³/mol. The Morgan fingerprint density at radius 1 is 0.967 bits per heavy atom. The van der Waals surface area contributed by atoms with Crippen LogP contribution in [-0.4, -0.2) is 31.3 Å². The number of aromatic amines is 1. The standard InChI is InChI=1S/C22H20N4O3S/c1-26(16-9-3-2-4-10-16)30(28,29)20-14-8-5-11-17(20)22(27)23-15-21-24-18-12-6-7-13-19(18)25-21/h2-14H,15H2,1H3,(H,23,27)(H,24,25). The molecular weight excluding hydrogens is 400 g/mol. The third-order valence-electron chi connectivity index (χ3n) is 4.74. The van der Waals surface area contributed by atoms with E-state index in [4.69, 9.17) is 0 Å². The van der Waals surface area contributed by atoms with Crippen molar-refractivity contribution in [1.29, 1.82) is 0 Å². The number of para-hydroxylation sites is 3. The highest BCUT2D eigenvalue weighted by Crippen LogP contribution is 2.24. The minimum atomic E-state index is -3.92. The van der Waals surface area contributed by atoms with E-state index in [0.717, 1.165) is 11.0 Å². The second-order valence-electron chi connectivity index (χ2n) is 6.69. The highest BCUT2D eigenvalue weighted by atomic mass is 32.2. The lowest BCUT2D eigenvalue weighted by atomic mass is 10.2. The van der Waals surface area contributed by atoms with Crippen molar-refractivity contribution in [3.8, 4) is 0 Å². The van der Waals surface area contributed by atoms with Gasteiger partial charge in [-0.1, -0.05) is 42.5 Å². The normalized spacial score (nSPS) is 11.4. The number of fused-ring (bicyclic) bond motifs is 1. The molecule has 1 heterocycles. The van der Waals surface area contributed by atoms with Crippen LogP contribution in [0.5, 0.6) is 0 Å². The molecular formula is C22H20N4O3S. The van der Waals surface area contributed by atoms with Crippen LogP contribution >= 0.6 is 0 Å². The van der Waals surface area contributed by atoms with Crippen molar-refractivity contribution in [2.24, 2.45) is 0 Å². The number of benzene rings is 3. The number of nitrogens with one attached hydrogen (secondary N) is 2. The van der Waals surface area contributed by atoms with E-state index >= 15 is 0 Å². The molecule has 0 atom stereocenters. The molecule has 0 unspecified atom stereocenters. The molecule has 4 rings (SSSR count). The number of H-pyrrole nitrogens is 1. The number of imidazole rings is 1. The van der Waals surface area contributed by atoms with E-state index in [-0.39, 0.29) is 17.0 Å². The van der Waals surface area contributed by atoms with E-state index in [1.54, 1.807) is 36.4 Å². The number of carbonyl (C=O) groups excluding carboxylic acids is 1. The molecule has 0 radical (unpaired) electrons. The summed E-state index contributed by atoms with van der Waals surface area (Å²) in [6.45, 7) is 0.149. The number of nitrogens with zero attached hydrogens (tertiary/aromatic N) is 2. The molecule has 7 nitrogen and oxygen atoms in total. The summed E-state index contributed by atoms with van der Waals surface area (Å²) in [6.07, 6.45) is 0. The maximum atomic E-state index is 13.2. The van der Waals surface area contributed by atoms with Gasteiger partial charge in [0.1, 0.15) is 10.7 Å². The zero-order valence-electron chi connectivity index (χ0n) is 16.2. The number of amides is 1. The van der Waals surface area contributed by atoms with E-state index in [9.17, 15) is 13.2 Å². The van der Waals surface area contributed by atoms with E-state index in [1.807, 2.05) is 30.3 Å². The summed E-state index contributed by atoms with van der Waals surface area (Å²) in [4.78, 5) is 20.3. The first kappa shape index (κ1) is 19.7. The van der Waals surface area contributed by atoms with E-state index in [0.29, 0.717) is 11.5 Å². The molecule has 152 valence electrons. The van der Waals surface area contributed by atoms with E-state index in [1.165, 1.54) is 23.5 Å². The first-order chi connectivity index (χ1) is 14.5. The Morgan fingerprint density at radius 3 is 2.40 bits per heavy atom. The summed E-state index contributed by atoms with van der Waals surface area (Å²) in [5.74, 6) is 0.0994. The molecule has 0 bridgehead atoms. The lowest BCUT2D eigenvalue weighted by Gasteiger charge is -2.21. The third kappa shape index (κ3) is 3.77. The molecule has 0 spiro atoms. The maximum Gasteiger partial charge on any atom is 0.264 e. The van der Waals surface area contributed by atoms with Crippen LogP contribution in [-0.2, 0) is 16.6 Å². The predicted octanol–water partition coefficient (Wildman–Crippen LogP) is 3.32. The van der Waals surface area contributed by atoms with Crippen molar-refractivity contribution < 1.29 is 13.2 Å². The van der Waals surface area contributed by atoms with Gasteiger partial charge in [0.2, 0.25) is 0 Å². The van der Waals surface area contributed by atoms with Crippen molar-refractivity contribution in [1.82, 2.24) is 15.3 Å². The average Bonchev–Trinajstić information content (AvgIpc) is 3.20. The van der Waals surface area contributed by atoms with Crippen molar-refractivity contribution in [2.45, 2.75) is 11.4 Å². The van der Waals surface area contributed by atoms with Gasteiger partial charge in [-0.25, -0.2) is 13.4 Å². The van der Waals surface area contributed by atoms with Gasteiger partial charge in [0, 0.05) is 7.05 Å². The van der Waals surface area contributed by atoms with Gasteiger partial charge in [-0.15, -0.1) is 0 Å². The monoisotopic (exact) mass is 420 g/mol. The molecule has 8 heteroatoms. The number of hydrogen-bond donors (Lipinski definition) is 2. The molecule has 0 aliphatic heterocycles. The molecule has 1 aromatic heterocycles. The Balaban J connectivity index is 1.58. The van der Waals surface area contributed by atoms with Crippen molar-refractivity contribution in [2.75, 3.05) is 11.4 Å². The molecule has 0 saturated heterocycles. The summed E-state index contributed by atoms with van der Waals surface area (Å²) >= 11 is 0. The largest absolute Gasteiger partial charge is 0.345 e. The SMILES string of the molecule is CN(c1ccccc1)S(=O)(=O)c1ccccc1C(=O)NCc1nc2ccccc2[nH]1. The van der Waals surface area contributed by atoms with Crippen LogP contribution in [0.25, 0.3) is 11.0 Å². The van der Waals surface area contributed by atoms with Gasteiger partial charge in [-0.2, -0.15) is 0 Å². The van der Waals surface area contributed by atoms with Crippen molar-refractivity contribution >= 4 is 32.7 Å². The molecule has 0 fully saturated rings. The molecule has 1 amide bonds. The smallest absolute Gasteiger partial charge is 0.264 e. The van der Waals surface area contributed by atoms with Crippen LogP contribution in [0.2, 0.25) is 0 Å². The highest BCUT2D eigenvalue weighted by Gasteiger charge is 2.26. The highest BCUT2D eigenvalue weighted by molar-refractivity contribution is 7.92. The number of hydrogen-bond acceptors (Lipinski definition) is 4. The lowest BCUT2D eigenvalue weighted by molar-refractivity contribution is 0.0946. The molecule has 4 aromatic rings. The van der Waals surface area contributed by atoms with Gasteiger partial charge >= 0.3 is 0 Å². The van der Waals surface area contributed by atoms with Crippen LogP contribution in [0.1, 0.15) is 16.2 Å². The fourth-order valence-electron chi connectivity index (χ4n) is 3.15. The van der Waals surface area contributed by atoms with Crippen LogP contribution in [0.4, 0.5) is 5.69 Å². The Labute approximate surface area is 174 Å². The lowest BCUT2D eigenvalue weighted by Crippen LogP contribution is -2.30. The average molecular weight is 420 g/mol. The topological polar surface area (TPSA) is 95.2 Å². The van der Waals surface area contributed by atoms with Gasteiger partial charge < -0.3 is 10.3 Å². The van der Waals surface area contributed by atoms with Crippen LogP contribution < -0.4 is 9.62 Å². The second-order valence-corrected chi connectivity index (χ2v) is 8.63. The minimum Gasteiger partial charge on any atom is -0.345 e. The summed E-state index contributed by atoms with van der Waals surface area (Å²) in [6, 6.07) is 22.4. The van der Waals surface area contributed by atoms with Gasteiger partial charge in [0.15, 0.2) is 0 Å². The fraction of sp³-hybridized carbons (Fsp3) is 0.0909. The third-order valence-corrected chi connectivity index (χ3v) is 6.59. The van der Waals surface area contributed by atoms with Crippen LogP contribution in [0.3, 0.4) is 0 Å². The summed E-state index contributed by atoms with van der Waals surface area (Å²) in [5.41, 5.74) is 2.26. The molecule has 30 heavy (non-hydrogen) atoms. The van der Waals surface area contributed by atoms with Gasteiger partial charge in [0.25, 0.3) is 15.9 Å². The van der Waals surface area contributed by atoms with E-state index < -0.39 is 15.9 Å². The molecule has 2 N–H and O–H groups in total. The van der Waals surface area contributed by atoms with E-state index in [2.05, 4.69) is 15.3 Å². The van der Waals surface area contributed by atoms with Crippen LogP contribution in [0.15, 0.2) is 83.8 Å². The first-order valence-electron chi connectivity index (χ1n) is 9.31. The number of aromatic nitrogens is 2. The molecule has 0 saturated carbocycles. The number of anilines is 1. The molecule has 0 aliphatic carbocycles. The van der Waals surface area contributed by atoms with Gasteiger partial charge in [-0.3, -0.25) is 9.10 Å². The van der Waals surface area contributed by atoms with Gasteiger partial charge in [0.05, 0.1) is 28.8 Å². The Morgan fingerprint density at radius 2 is 1.63 bits per heavy atom. The maximum absolute atomic E-state index is 13.2. The number of carbonyl (C=O) groups is 1. The zero-order valence-corrected chi connectivity index (χ0v) is 17.1. The Hall–Kier alpha value is -3.65. The summed E-state index contributed by atoms with van der Waals surface area (Å²) in [5, 5.41) is 2.75. The first-order valence-corrected chi connectivity index (χ1v) is 10.8. The Kier molecular flexibility index (Phi) is 5.24. The fourth-order valence-corrected chi connectivity index (χ4v) is 4.54. The Bertz CT molecular complexity index is 1270. The van der Waals surface area contributed by atoms with Crippen molar-refractivity contribution in [3.05, 3.63) is 90.3 Å². The summed E-state index contributed by atoms with van der Waals surface area (Å²) in [7, 11) is -2.46. The van der Waals surface area contributed by atoms with Gasteiger partial charge in [-0.05, 0) is 36.4 Å². The molecule has 3 aromatic carbocycles. The number of rotatable bonds is 6.